The van der Waals surface area contributed by atoms with Crippen LogP contribution >= 0.6 is 25.5 Å². The molecule has 2 unspecified atom stereocenters. The summed E-state index contributed by atoms with van der Waals surface area (Å²) in [6, 6.07) is 0. The van der Waals surface area contributed by atoms with Gasteiger partial charge in [0.15, 0.2) is 0 Å². The van der Waals surface area contributed by atoms with Gasteiger partial charge in [-0.2, -0.15) is 0 Å². The maximum Gasteiger partial charge on any atom is 1.00 e. The van der Waals surface area contributed by atoms with Crippen LogP contribution in [-0.4, -0.2) is 0 Å². The van der Waals surface area contributed by atoms with Crippen LogP contribution in [0.2, 0.25) is 0 Å². The van der Waals surface area contributed by atoms with Gasteiger partial charge >= 0.3 is 44.3 Å². The van der Waals surface area contributed by atoms with Crippen molar-refractivity contribution < 1.29 is 50.2 Å². The van der Waals surface area contributed by atoms with E-state index in [-0.39, 0.29) is 42.3 Å². The summed E-state index contributed by atoms with van der Waals surface area (Å²) in [7, 11) is -5.64. The van der Waals surface area contributed by atoms with E-state index in [1.165, 1.54) is 0 Å². The Morgan fingerprint density at radius 1 is 1.11 bits per heavy atom. The van der Waals surface area contributed by atoms with Gasteiger partial charge in [0, 0.05) is 0 Å². The Labute approximate surface area is 75.6 Å². The van der Waals surface area contributed by atoms with Gasteiger partial charge in [-0.3, -0.25) is 0 Å². The van der Waals surface area contributed by atoms with E-state index >= 15 is 0 Å². The molecule has 0 saturated carbocycles. The number of halogens is 1. The molecule has 0 heterocycles. The topological polar surface area (TPSA) is 80.3 Å². The van der Waals surface area contributed by atoms with Crippen LogP contribution in [0.15, 0.2) is 0 Å². The fraction of sp³-hybridized carbons (Fsp3) is 0. The SMILES string of the molecule is O=[P+]([O-])S[P+](=O)[O-].[Cl-].[Li+]. The summed E-state index contributed by atoms with van der Waals surface area (Å²) in [6.45, 7) is 0. The second kappa shape index (κ2) is 9.36. The zero-order valence-electron chi connectivity index (χ0n) is 4.31. The predicted octanol–water partition coefficient (Wildman–Crippen LogP) is -6.24. The first-order chi connectivity index (χ1) is 3.13. The van der Waals surface area contributed by atoms with Crippen molar-refractivity contribution in [3.8, 4) is 0 Å². The van der Waals surface area contributed by atoms with Crippen LogP contribution < -0.4 is 41.1 Å². The second-order valence-corrected chi connectivity index (χ2v) is 5.34. The molecule has 0 rings (SSSR count). The van der Waals surface area contributed by atoms with Crippen molar-refractivity contribution in [3.63, 3.8) is 0 Å². The van der Waals surface area contributed by atoms with Crippen molar-refractivity contribution >= 4 is 25.5 Å². The first-order valence-electron chi connectivity index (χ1n) is 1.10. The number of rotatable bonds is 2. The van der Waals surface area contributed by atoms with Crippen LogP contribution in [0.4, 0.5) is 0 Å². The molecule has 0 radical (unpaired) electrons. The number of hydrogen-bond donors (Lipinski definition) is 0. The number of hydrogen-bond acceptors (Lipinski definition) is 5. The van der Waals surface area contributed by atoms with E-state index in [1.807, 2.05) is 0 Å². The monoisotopic (exact) mass is 200 g/mol. The Bertz CT molecular complexity index is 94.7. The summed E-state index contributed by atoms with van der Waals surface area (Å²) in [5.74, 6) is 0. The van der Waals surface area contributed by atoms with E-state index < -0.39 is 14.5 Å². The fourth-order valence-corrected chi connectivity index (χ4v) is 1.47. The molecule has 0 bridgehead atoms. The molecule has 0 aliphatic heterocycles. The summed E-state index contributed by atoms with van der Waals surface area (Å²) in [6.07, 6.45) is 0. The first-order valence-corrected chi connectivity index (χ1v) is 5.48. The standard InChI is InChI=1S/ClH.Li.O4P2S/c;;1-5(2)7-6(3)4/h1H;;/q;+1;/p-1. The average Bonchev–Trinajstić information content (AvgIpc) is 1.27. The first kappa shape index (κ1) is 16.8. The molecule has 0 aromatic carbocycles. The molecular weight excluding hydrogens is 200 g/mol. The summed E-state index contributed by atoms with van der Waals surface area (Å²) < 4.78 is 18.9. The molecular formula is ClLiO4P2S. The minimum absolute atomic E-state index is 0. The van der Waals surface area contributed by atoms with Gasteiger partial charge < -0.3 is 22.2 Å². The smallest absolute Gasteiger partial charge is 1.00 e. The zero-order valence-corrected chi connectivity index (χ0v) is 7.67. The van der Waals surface area contributed by atoms with E-state index in [1.54, 1.807) is 0 Å². The molecule has 0 aromatic rings. The van der Waals surface area contributed by atoms with Crippen LogP contribution in [0, 0.1) is 0 Å². The molecule has 0 fully saturated rings. The largest absolute Gasteiger partial charge is 1.00 e. The Kier molecular flexibility index (Phi) is 17.4. The molecule has 48 valence electrons. The minimum Gasteiger partial charge on any atom is -1.00 e. The summed E-state index contributed by atoms with van der Waals surface area (Å²) in [5.41, 5.74) is 0. The molecule has 4 nitrogen and oxygen atoms in total. The van der Waals surface area contributed by atoms with E-state index in [0.29, 0.717) is 0 Å². The van der Waals surface area contributed by atoms with E-state index in [4.69, 9.17) is 0 Å². The molecule has 0 saturated heterocycles. The van der Waals surface area contributed by atoms with Crippen molar-refractivity contribution in [1.29, 1.82) is 0 Å². The summed E-state index contributed by atoms with van der Waals surface area (Å²) in [5, 5.41) is 0. The quantitative estimate of drug-likeness (QED) is 0.327. The van der Waals surface area contributed by atoms with Gasteiger partial charge in [0.05, 0.1) is 0 Å². The minimum atomic E-state index is -2.82. The average molecular weight is 200 g/mol. The third kappa shape index (κ3) is 17.6. The molecule has 0 spiro atoms. The van der Waals surface area contributed by atoms with Crippen molar-refractivity contribution in [2.75, 3.05) is 0 Å². The molecule has 2 atom stereocenters. The van der Waals surface area contributed by atoms with Gasteiger partial charge in [-0.1, -0.05) is 9.13 Å². The van der Waals surface area contributed by atoms with Gasteiger partial charge in [-0.15, -0.1) is 0 Å². The molecule has 0 N–H and O–H groups in total. The Morgan fingerprint density at radius 2 is 1.33 bits per heavy atom. The van der Waals surface area contributed by atoms with Crippen molar-refractivity contribution in [1.82, 2.24) is 0 Å². The molecule has 9 heteroatoms. The van der Waals surface area contributed by atoms with Crippen LogP contribution in [0.1, 0.15) is 0 Å². The van der Waals surface area contributed by atoms with Crippen LogP contribution in [-0.2, 0) is 9.13 Å². The third-order valence-corrected chi connectivity index (χ3v) is 3.60. The van der Waals surface area contributed by atoms with Gasteiger partial charge in [0.1, 0.15) is 0 Å². The van der Waals surface area contributed by atoms with Gasteiger partial charge in [-0.25, -0.2) is 0 Å². The van der Waals surface area contributed by atoms with Crippen LogP contribution in [0.5, 0.6) is 0 Å². The van der Waals surface area contributed by atoms with Crippen molar-refractivity contribution in [2.45, 2.75) is 0 Å². The van der Waals surface area contributed by atoms with E-state index in [0.717, 1.165) is 0 Å². The maximum atomic E-state index is 9.43. The zero-order chi connectivity index (χ0) is 5.86. The molecule has 0 amide bonds. The van der Waals surface area contributed by atoms with Crippen LogP contribution in [0.3, 0.4) is 0 Å². The Morgan fingerprint density at radius 3 is 1.33 bits per heavy atom. The predicted molar refractivity (Wildman–Crippen MR) is 22.8 cm³/mol. The molecule has 0 aromatic heterocycles. The second-order valence-electron chi connectivity index (χ2n) is 0.529. The van der Waals surface area contributed by atoms with Gasteiger partial charge in [0.2, 0.25) is 0 Å². The third-order valence-electron chi connectivity index (χ3n) is 0.133. The molecule has 9 heavy (non-hydrogen) atoms. The maximum absolute atomic E-state index is 9.43. The normalized spacial score (nSPS) is 10.4. The molecule has 0 aliphatic carbocycles. The summed E-state index contributed by atoms with van der Waals surface area (Å²) >= 11 is -0.0833. The van der Waals surface area contributed by atoms with Crippen molar-refractivity contribution in [2.24, 2.45) is 0 Å². The fourth-order valence-electron chi connectivity index (χ4n) is 0.0544. The van der Waals surface area contributed by atoms with Gasteiger partial charge in [0.25, 0.3) is 0 Å². The van der Waals surface area contributed by atoms with Crippen LogP contribution in [0.25, 0.3) is 0 Å². The Balaban J connectivity index is -0.000000180. The Hall–Kier alpha value is 1.36. The summed E-state index contributed by atoms with van der Waals surface area (Å²) in [4.78, 5) is 18.9. The van der Waals surface area contributed by atoms with E-state index in [9.17, 15) is 18.9 Å². The van der Waals surface area contributed by atoms with Crippen molar-refractivity contribution in [3.05, 3.63) is 0 Å². The van der Waals surface area contributed by atoms with Gasteiger partial charge in [-0.05, 0) is 0 Å². The molecule has 0 aliphatic rings. The van der Waals surface area contributed by atoms with E-state index in [2.05, 4.69) is 0 Å².